The van der Waals surface area contributed by atoms with Crippen molar-refractivity contribution in [2.45, 2.75) is 26.3 Å². The topological polar surface area (TPSA) is 98.2 Å². The molecule has 0 heterocycles. The highest BCUT2D eigenvalue weighted by Gasteiger charge is 2.12. The van der Waals surface area contributed by atoms with Gasteiger partial charge in [-0.25, -0.2) is 0 Å². The first kappa shape index (κ1) is 15.2. The SMILES string of the molecule is CC(C)CC(CN)NC(=O)CSCC(N)=O. The van der Waals surface area contributed by atoms with Crippen molar-refractivity contribution in [2.75, 3.05) is 18.1 Å². The average molecular weight is 247 g/mol. The fourth-order valence-electron chi connectivity index (χ4n) is 1.30. The third kappa shape index (κ3) is 8.55. The predicted octanol–water partition coefficient (Wildman–Crippen LogP) is -0.305. The Morgan fingerprint density at radius 3 is 2.38 bits per heavy atom. The summed E-state index contributed by atoms with van der Waals surface area (Å²) in [5.41, 5.74) is 10.5. The number of hydrogen-bond acceptors (Lipinski definition) is 4. The quantitative estimate of drug-likeness (QED) is 0.548. The largest absolute Gasteiger partial charge is 0.369 e. The number of hydrogen-bond donors (Lipinski definition) is 3. The van der Waals surface area contributed by atoms with Crippen LogP contribution in [-0.4, -0.2) is 35.9 Å². The molecule has 2 amide bonds. The maximum Gasteiger partial charge on any atom is 0.230 e. The lowest BCUT2D eigenvalue weighted by Crippen LogP contribution is -2.42. The first-order valence-corrected chi connectivity index (χ1v) is 6.46. The summed E-state index contributed by atoms with van der Waals surface area (Å²) in [5.74, 6) is 0.410. The van der Waals surface area contributed by atoms with Gasteiger partial charge in [0.1, 0.15) is 0 Å². The summed E-state index contributed by atoms with van der Waals surface area (Å²) in [7, 11) is 0. The number of nitrogens with one attached hydrogen (secondary N) is 1. The van der Waals surface area contributed by atoms with Gasteiger partial charge >= 0.3 is 0 Å². The number of primary amides is 1. The second kappa shape index (κ2) is 8.41. The van der Waals surface area contributed by atoms with Crippen LogP contribution in [0.15, 0.2) is 0 Å². The van der Waals surface area contributed by atoms with Gasteiger partial charge in [-0.2, -0.15) is 0 Å². The van der Waals surface area contributed by atoms with Gasteiger partial charge < -0.3 is 16.8 Å². The standard InChI is InChI=1S/C10H21N3O2S/c1-7(2)3-8(4-11)13-10(15)6-16-5-9(12)14/h7-8H,3-6,11H2,1-2H3,(H2,12,14)(H,13,15). The lowest BCUT2D eigenvalue weighted by atomic mass is 10.0. The van der Waals surface area contributed by atoms with Gasteiger partial charge in [-0.15, -0.1) is 11.8 Å². The first-order chi connectivity index (χ1) is 7.45. The smallest absolute Gasteiger partial charge is 0.230 e. The van der Waals surface area contributed by atoms with E-state index in [2.05, 4.69) is 19.2 Å². The number of carbonyl (C=O) groups excluding carboxylic acids is 2. The summed E-state index contributed by atoms with van der Waals surface area (Å²) in [6, 6.07) is 0.0154. The molecule has 0 fully saturated rings. The Morgan fingerprint density at radius 1 is 1.31 bits per heavy atom. The van der Waals surface area contributed by atoms with Gasteiger partial charge in [-0.3, -0.25) is 9.59 Å². The predicted molar refractivity (Wildman–Crippen MR) is 67.0 cm³/mol. The van der Waals surface area contributed by atoms with Crippen LogP contribution < -0.4 is 16.8 Å². The molecule has 0 aliphatic carbocycles. The molecule has 94 valence electrons. The molecule has 0 bridgehead atoms. The molecule has 16 heavy (non-hydrogen) atoms. The zero-order chi connectivity index (χ0) is 12.6. The Hall–Kier alpha value is -0.750. The normalized spacial score (nSPS) is 12.5. The first-order valence-electron chi connectivity index (χ1n) is 5.31. The molecular weight excluding hydrogens is 226 g/mol. The summed E-state index contributed by atoms with van der Waals surface area (Å²) in [4.78, 5) is 21.9. The average Bonchev–Trinajstić information content (AvgIpc) is 2.15. The minimum Gasteiger partial charge on any atom is -0.369 e. The van der Waals surface area contributed by atoms with Gasteiger partial charge in [-0.1, -0.05) is 13.8 Å². The van der Waals surface area contributed by atoms with Crippen molar-refractivity contribution in [3.8, 4) is 0 Å². The highest BCUT2D eigenvalue weighted by molar-refractivity contribution is 8.00. The third-order valence-corrected chi connectivity index (χ3v) is 2.84. The fraction of sp³-hybridized carbons (Fsp3) is 0.800. The fourth-order valence-corrected chi connectivity index (χ4v) is 1.87. The van der Waals surface area contributed by atoms with Crippen LogP contribution in [0.25, 0.3) is 0 Å². The highest BCUT2D eigenvalue weighted by atomic mass is 32.2. The molecule has 0 aliphatic rings. The van der Waals surface area contributed by atoms with Crippen LogP contribution in [0.1, 0.15) is 20.3 Å². The van der Waals surface area contributed by atoms with E-state index in [9.17, 15) is 9.59 Å². The highest BCUT2D eigenvalue weighted by Crippen LogP contribution is 2.04. The van der Waals surface area contributed by atoms with Crippen molar-refractivity contribution in [3.05, 3.63) is 0 Å². The number of carbonyl (C=O) groups is 2. The molecule has 0 rings (SSSR count). The Bertz CT molecular complexity index is 234. The second-order valence-electron chi connectivity index (χ2n) is 4.09. The molecule has 5 N–H and O–H groups in total. The van der Waals surface area contributed by atoms with Crippen molar-refractivity contribution in [1.82, 2.24) is 5.32 Å². The summed E-state index contributed by atoms with van der Waals surface area (Å²) in [6.45, 7) is 4.59. The maximum atomic E-state index is 11.4. The Balaban J connectivity index is 3.78. The molecular formula is C10H21N3O2S. The number of amides is 2. The lowest BCUT2D eigenvalue weighted by Gasteiger charge is -2.18. The van der Waals surface area contributed by atoms with Crippen molar-refractivity contribution in [2.24, 2.45) is 17.4 Å². The number of thioether (sulfide) groups is 1. The van der Waals surface area contributed by atoms with E-state index in [-0.39, 0.29) is 23.5 Å². The summed E-state index contributed by atoms with van der Waals surface area (Å²) in [5, 5.41) is 2.83. The Kier molecular flexibility index (Phi) is 8.01. The Morgan fingerprint density at radius 2 is 1.94 bits per heavy atom. The molecule has 0 aromatic rings. The molecule has 0 saturated carbocycles. The van der Waals surface area contributed by atoms with E-state index in [0.29, 0.717) is 12.5 Å². The van der Waals surface area contributed by atoms with Crippen molar-refractivity contribution >= 4 is 23.6 Å². The Labute approximate surface area is 101 Å². The molecule has 0 aliphatic heterocycles. The van der Waals surface area contributed by atoms with E-state index < -0.39 is 5.91 Å². The van der Waals surface area contributed by atoms with E-state index in [0.717, 1.165) is 6.42 Å². The monoisotopic (exact) mass is 247 g/mol. The van der Waals surface area contributed by atoms with Crippen molar-refractivity contribution < 1.29 is 9.59 Å². The summed E-state index contributed by atoms with van der Waals surface area (Å²) < 4.78 is 0. The molecule has 0 spiro atoms. The van der Waals surface area contributed by atoms with E-state index in [1.165, 1.54) is 11.8 Å². The van der Waals surface area contributed by atoms with Gasteiger partial charge in [0.05, 0.1) is 11.5 Å². The van der Waals surface area contributed by atoms with Crippen LogP contribution in [0.2, 0.25) is 0 Å². The molecule has 0 radical (unpaired) electrons. The maximum absolute atomic E-state index is 11.4. The van der Waals surface area contributed by atoms with E-state index >= 15 is 0 Å². The summed E-state index contributed by atoms with van der Waals surface area (Å²) >= 11 is 1.21. The van der Waals surface area contributed by atoms with Crippen LogP contribution in [0, 0.1) is 5.92 Å². The molecule has 0 aromatic heterocycles. The van der Waals surface area contributed by atoms with Crippen LogP contribution in [0.4, 0.5) is 0 Å². The van der Waals surface area contributed by atoms with E-state index in [1.54, 1.807) is 0 Å². The molecule has 1 atom stereocenters. The van der Waals surface area contributed by atoms with Crippen LogP contribution in [0.3, 0.4) is 0 Å². The molecule has 5 nitrogen and oxygen atoms in total. The minimum atomic E-state index is -0.407. The number of nitrogens with two attached hydrogens (primary N) is 2. The zero-order valence-corrected chi connectivity index (χ0v) is 10.7. The third-order valence-electron chi connectivity index (χ3n) is 1.88. The zero-order valence-electron chi connectivity index (χ0n) is 9.86. The number of rotatable bonds is 8. The molecule has 1 unspecified atom stereocenters. The lowest BCUT2D eigenvalue weighted by molar-refractivity contribution is -0.119. The second-order valence-corrected chi connectivity index (χ2v) is 5.07. The summed E-state index contributed by atoms with van der Waals surface area (Å²) in [6.07, 6.45) is 0.864. The van der Waals surface area contributed by atoms with E-state index in [1.807, 2.05) is 0 Å². The van der Waals surface area contributed by atoms with Gasteiger partial charge in [0.25, 0.3) is 0 Å². The van der Waals surface area contributed by atoms with Crippen LogP contribution >= 0.6 is 11.8 Å². The van der Waals surface area contributed by atoms with Gasteiger partial charge in [-0.05, 0) is 12.3 Å². The minimum absolute atomic E-state index is 0.0154. The van der Waals surface area contributed by atoms with E-state index in [4.69, 9.17) is 11.5 Å². The van der Waals surface area contributed by atoms with Crippen molar-refractivity contribution in [1.29, 1.82) is 0 Å². The van der Waals surface area contributed by atoms with Gasteiger partial charge in [0.2, 0.25) is 11.8 Å². The van der Waals surface area contributed by atoms with Crippen LogP contribution in [-0.2, 0) is 9.59 Å². The molecule has 0 saturated heterocycles. The van der Waals surface area contributed by atoms with Gasteiger partial charge in [0.15, 0.2) is 0 Å². The molecule has 6 heteroatoms. The van der Waals surface area contributed by atoms with Gasteiger partial charge in [0, 0.05) is 12.6 Å². The molecule has 0 aromatic carbocycles. The van der Waals surface area contributed by atoms with Crippen LogP contribution in [0.5, 0.6) is 0 Å². The van der Waals surface area contributed by atoms with Crippen molar-refractivity contribution in [3.63, 3.8) is 0 Å².